The Bertz CT molecular complexity index is 1300. The molecule has 2 aromatic carbocycles. The Morgan fingerprint density at radius 3 is 2.68 bits per heavy atom. The number of fused-ring (bicyclic) bond motifs is 1. The van der Waals surface area contributed by atoms with Crippen LogP contribution in [0, 0.1) is 6.92 Å². The highest BCUT2D eigenvalue weighted by molar-refractivity contribution is 6.32. The molecule has 1 N–H and O–H groups in total. The maximum Gasteiger partial charge on any atom is 0.331 e. The molecule has 1 aliphatic rings. The quantitative estimate of drug-likeness (QED) is 0.408. The van der Waals surface area contributed by atoms with Crippen LogP contribution in [0.3, 0.4) is 0 Å². The second kappa shape index (κ2) is 10.1. The van der Waals surface area contributed by atoms with Gasteiger partial charge in [0.05, 0.1) is 23.6 Å². The topological polar surface area (TPSA) is 93.5 Å². The Morgan fingerprint density at radius 1 is 1.15 bits per heavy atom. The number of ether oxygens (including phenoxy) is 1. The maximum absolute atomic E-state index is 12.6. The van der Waals surface area contributed by atoms with Crippen molar-refractivity contribution in [2.45, 2.75) is 13.5 Å². The van der Waals surface area contributed by atoms with Crippen molar-refractivity contribution in [2.75, 3.05) is 23.4 Å². The van der Waals surface area contributed by atoms with E-state index in [1.165, 1.54) is 17.1 Å². The van der Waals surface area contributed by atoms with Gasteiger partial charge in [0.15, 0.2) is 6.61 Å². The smallest absolute Gasteiger partial charge is 0.331 e. The third-order valence-electron chi connectivity index (χ3n) is 5.18. The van der Waals surface area contributed by atoms with Crippen molar-refractivity contribution in [1.82, 2.24) is 9.78 Å². The first-order valence-corrected chi connectivity index (χ1v) is 11.1. The van der Waals surface area contributed by atoms with Crippen molar-refractivity contribution in [3.63, 3.8) is 0 Å². The zero-order valence-electron chi connectivity index (χ0n) is 18.1. The summed E-state index contributed by atoms with van der Waals surface area (Å²) in [5.41, 5.74) is 3.10. The van der Waals surface area contributed by atoms with Gasteiger partial charge in [-0.2, -0.15) is 5.10 Å². The summed E-state index contributed by atoms with van der Waals surface area (Å²) in [4.78, 5) is 38.0. The first kappa shape index (κ1) is 23.5. The van der Waals surface area contributed by atoms with Crippen LogP contribution in [0.4, 0.5) is 11.4 Å². The van der Waals surface area contributed by atoms with Crippen LogP contribution in [-0.2, 0) is 25.7 Å². The summed E-state index contributed by atoms with van der Waals surface area (Å²) >= 11 is 12.7. The lowest BCUT2D eigenvalue weighted by atomic mass is 10.2. The molecule has 0 spiro atoms. The number of rotatable bonds is 6. The van der Waals surface area contributed by atoms with Crippen LogP contribution in [0.1, 0.15) is 16.8 Å². The largest absolute Gasteiger partial charge is 0.452 e. The highest BCUT2D eigenvalue weighted by Gasteiger charge is 2.27. The van der Waals surface area contributed by atoms with E-state index in [9.17, 15) is 14.4 Å². The number of benzene rings is 2. The highest BCUT2D eigenvalue weighted by atomic mass is 35.5. The molecule has 0 aliphatic carbocycles. The molecule has 3 aromatic rings. The molecule has 0 fully saturated rings. The molecule has 1 aromatic heterocycles. The summed E-state index contributed by atoms with van der Waals surface area (Å²) in [6, 6.07) is 14.3. The molecule has 0 atom stereocenters. The fourth-order valence-corrected chi connectivity index (χ4v) is 4.01. The number of nitrogens with zero attached hydrogens (tertiary/aromatic N) is 3. The van der Waals surface area contributed by atoms with E-state index in [0.29, 0.717) is 39.4 Å². The van der Waals surface area contributed by atoms with Crippen molar-refractivity contribution in [1.29, 1.82) is 0 Å². The van der Waals surface area contributed by atoms with Gasteiger partial charge in [0.25, 0.3) is 5.91 Å². The lowest BCUT2D eigenvalue weighted by Gasteiger charge is -2.28. The second-order valence-electron chi connectivity index (χ2n) is 7.53. The van der Waals surface area contributed by atoms with Crippen molar-refractivity contribution >= 4 is 58.4 Å². The van der Waals surface area contributed by atoms with Crippen LogP contribution in [0.5, 0.6) is 0 Å². The predicted molar refractivity (Wildman–Crippen MR) is 130 cm³/mol. The average Bonchev–Trinajstić information content (AvgIpc) is 3.09. The lowest BCUT2D eigenvalue weighted by Crippen LogP contribution is -2.43. The van der Waals surface area contributed by atoms with Crippen LogP contribution in [0.15, 0.2) is 54.6 Å². The van der Waals surface area contributed by atoms with Gasteiger partial charge in [0.1, 0.15) is 11.7 Å². The monoisotopic (exact) mass is 498 g/mol. The summed E-state index contributed by atoms with van der Waals surface area (Å²) < 4.78 is 6.68. The number of carbonyl (C=O) groups excluding carboxylic acids is 3. The Morgan fingerprint density at radius 2 is 1.88 bits per heavy atom. The third-order valence-corrected chi connectivity index (χ3v) is 5.95. The summed E-state index contributed by atoms with van der Waals surface area (Å²) in [5.74, 6) is -1.56. The number of esters is 1. The highest BCUT2D eigenvalue weighted by Crippen LogP contribution is 2.29. The molecule has 34 heavy (non-hydrogen) atoms. The van der Waals surface area contributed by atoms with Crippen LogP contribution in [0.25, 0.3) is 6.08 Å². The number of hydrogen-bond acceptors (Lipinski definition) is 5. The molecule has 4 rings (SSSR count). The number of aryl methyl sites for hydroxylation is 1. The van der Waals surface area contributed by atoms with Crippen LogP contribution >= 0.6 is 23.2 Å². The summed E-state index contributed by atoms with van der Waals surface area (Å²) in [5, 5.41) is 8.06. The normalized spacial score (nSPS) is 13.0. The summed E-state index contributed by atoms with van der Waals surface area (Å²) in [7, 11) is 0. The minimum Gasteiger partial charge on any atom is -0.452 e. The number of amides is 2. The van der Waals surface area contributed by atoms with E-state index in [1.54, 1.807) is 41.9 Å². The fraction of sp³-hybridized carbons (Fsp3) is 0.167. The van der Waals surface area contributed by atoms with E-state index < -0.39 is 18.5 Å². The van der Waals surface area contributed by atoms with E-state index in [-0.39, 0.29) is 12.5 Å². The first-order chi connectivity index (χ1) is 16.3. The summed E-state index contributed by atoms with van der Waals surface area (Å²) in [6.45, 7) is 1.48. The van der Waals surface area contributed by atoms with Crippen molar-refractivity contribution < 1.29 is 19.1 Å². The van der Waals surface area contributed by atoms with Gasteiger partial charge in [0.2, 0.25) is 5.91 Å². The molecule has 0 unspecified atom stereocenters. The fourth-order valence-electron chi connectivity index (χ4n) is 3.52. The summed E-state index contributed by atoms with van der Waals surface area (Å²) in [6.07, 6.45) is 2.67. The molecule has 2 amide bonds. The van der Waals surface area contributed by atoms with Gasteiger partial charge < -0.3 is 10.1 Å². The van der Waals surface area contributed by atoms with Gasteiger partial charge >= 0.3 is 5.97 Å². The number of carbonyl (C=O) groups is 3. The van der Waals surface area contributed by atoms with Gasteiger partial charge in [-0.25, -0.2) is 9.48 Å². The van der Waals surface area contributed by atoms with Gasteiger partial charge in [-0.15, -0.1) is 0 Å². The molecule has 0 radical (unpaired) electrons. The van der Waals surface area contributed by atoms with Gasteiger partial charge in [-0.1, -0.05) is 53.5 Å². The SMILES string of the molecule is Cc1nn(Cc2ccccc2Cl)c(Cl)c1/C=C/C(=O)OCC(=O)N1CC(=O)Nc2ccccc21. The molecule has 0 saturated carbocycles. The molecule has 174 valence electrons. The van der Waals surface area contributed by atoms with Crippen LogP contribution in [0.2, 0.25) is 10.2 Å². The zero-order chi connectivity index (χ0) is 24.2. The van der Waals surface area contributed by atoms with E-state index >= 15 is 0 Å². The average molecular weight is 499 g/mol. The van der Waals surface area contributed by atoms with Crippen molar-refractivity contribution in [3.8, 4) is 0 Å². The van der Waals surface area contributed by atoms with Gasteiger partial charge in [-0.3, -0.25) is 14.5 Å². The minimum absolute atomic E-state index is 0.150. The van der Waals surface area contributed by atoms with Gasteiger partial charge in [0, 0.05) is 16.7 Å². The number of hydrogen-bond donors (Lipinski definition) is 1. The molecular weight excluding hydrogens is 479 g/mol. The van der Waals surface area contributed by atoms with E-state index in [4.69, 9.17) is 27.9 Å². The predicted octanol–water partition coefficient (Wildman–Crippen LogP) is 4.09. The van der Waals surface area contributed by atoms with E-state index in [2.05, 4.69) is 10.4 Å². The molecule has 2 heterocycles. The number of nitrogens with one attached hydrogen (secondary N) is 1. The third kappa shape index (κ3) is 5.13. The molecule has 0 saturated heterocycles. The number of anilines is 2. The first-order valence-electron chi connectivity index (χ1n) is 10.3. The van der Waals surface area contributed by atoms with Crippen LogP contribution in [-0.4, -0.2) is 40.7 Å². The van der Waals surface area contributed by atoms with Crippen LogP contribution < -0.4 is 10.2 Å². The Balaban J connectivity index is 1.39. The maximum atomic E-state index is 12.6. The van der Waals surface area contributed by atoms with E-state index in [1.807, 2.05) is 18.2 Å². The van der Waals surface area contributed by atoms with Crippen molar-refractivity contribution in [2.24, 2.45) is 0 Å². The number of aromatic nitrogens is 2. The Hall–Kier alpha value is -3.62. The number of para-hydroxylation sites is 2. The molecule has 10 heteroatoms. The Kier molecular flexibility index (Phi) is 7.00. The standard InChI is InChI=1S/C24H20Cl2N4O4/c1-15-17(24(26)30(28-15)12-16-6-2-3-7-18(16)25)10-11-23(33)34-14-22(32)29-13-21(31)27-19-8-4-5-9-20(19)29/h2-11H,12-14H2,1H3,(H,27,31)/b11-10+. The molecule has 0 bridgehead atoms. The van der Waals surface area contributed by atoms with E-state index in [0.717, 1.165) is 5.56 Å². The Labute approximate surface area is 205 Å². The van der Waals surface area contributed by atoms with Gasteiger partial charge in [-0.05, 0) is 36.8 Å². The molecule has 8 nitrogen and oxygen atoms in total. The molecule has 1 aliphatic heterocycles. The second-order valence-corrected chi connectivity index (χ2v) is 8.29. The lowest BCUT2D eigenvalue weighted by molar-refractivity contribution is -0.143. The number of halogens is 2. The molecular formula is C24H20Cl2N4O4. The minimum atomic E-state index is -0.725. The van der Waals surface area contributed by atoms with Crippen molar-refractivity contribution in [3.05, 3.63) is 81.6 Å². The zero-order valence-corrected chi connectivity index (χ0v) is 19.6.